The summed E-state index contributed by atoms with van der Waals surface area (Å²) in [6.07, 6.45) is 0.586. The molecule has 0 spiro atoms. The van der Waals surface area contributed by atoms with Crippen molar-refractivity contribution in [2.45, 2.75) is 26.3 Å². The van der Waals surface area contributed by atoms with Gasteiger partial charge in [0, 0.05) is 22.8 Å². The summed E-state index contributed by atoms with van der Waals surface area (Å²) in [5, 5.41) is 4.40. The number of halogens is 2. The Morgan fingerprint density at radius 3 is 2.70 bits per heavy atom. The minimum absolute atomic E-state index is 0.109. The maximum Gasteiger partial charge on any atom is 0.123 e. The number of rotatable bonds is 4. The number of hydrogen-bond donors (Lipinski definition) is 2. The van der Waals surface area contributed by atoms with E-state index in [2.05, 4.69) is 26.5 Å². The van der Waals surface area contributed by atoms with E-state index in [0.29, 0.717) is 6.42 Å². The summed E-state index contributed by atoms with van der Waals surface area (Å²) in [7, 11) is 1.90. The van der Waals surface area contributed by atoms with Crippen LogP contribution >= 0.6 is 15.9 Å². The third kappa shape index (κ3) is 2.92. The SMILES string of the molecule is Cc1nn(C)c(C)c1C(Cc1cc(F)ccc1Br)NN. The van der Waals surface area contributed by atoms with Crippen LogP contribution in [-0.4, -0.2) is 9.78 Å². The highest BCUT2D eigenvalue weighted by Gasteiger charge is 2.20. The third-order valence-electron chi connectivity index (χ3n) is 3.55. The summed E-state index contributed by atoms with van der Waals surface area (Å²) < 4.78 is 16.1. The zero-order valence-corrected chi connectivity index (χ0v) is 13.3. The van der Waals surface area contributed by atoms with Gasteiger partial charge in [0.2, 0.25) is 0 Å². The molecule has 1 unspecified atom stereocenters. The molecule has 0 saturated heterocycles. The Bertz CT molecular complexity index is 624. The second-order valence-electron chi connectivity index (χ2n) is 4.87. The molecule has 1 aromatic heterocycles. The highest BCUT2D eigenvalue weighted by Crippen LogP contribution is 2.27. The number of hydrazine groups is 1. The van der Waals surface area contributed by atoms with Gasteiger partial charge in [-0.15, -0.1) is 0 Å². The lowest BCUT2D eigenvalue weighted by Crippen LogP contribution is -2.30. The molecule has 2 aromatic rings. The Morgan fingerprint density at radius 2 is 2.15 bits per heavy atom. The van der Waals surface area contributed by atoms with E-state index in [1.165, 1.54) is 12.1 Å². The molecular weight excluding hydrogens is 323 g/mol. The molecule has 0 aliphatic heterocycles. The number of nitrogens with one attached hydrogen (secondary N) is 1. The van der Waals surface area contributed by atoms with Gasteiger partial charge in [-0.05, 0) is 44.0 Å². The topological polar surface area (TPSA) is 55.9 Å². The fraction of sp³-hybridized carbons (Fsp3) is 0.357. The van der Waals surface area contributed by atoms with Crippen molar-refractivity contribution in [3.63, 3.8) is 0 Å². The van der Waals surface area contributed by atoms with Gasteiger partial charge >= 0.3 is 0 Å². The molecule has 2 rings (SSSR count). The van der Waals surface area contributed by atoms with Crippen molar-refractivity contribution in [1.29, 1.82) is 0 Å². The first-order valence-corrected chi connectivity index (χ1v) is 7.13. The number of nitrogens with zero attached hydrogens (tertiary/aromatic N) is 2. The smallest absolute Gasteiger partial charge is 0.123 e. The molecule has 0 aliphatic carbocycles. The van der Waals surface area contributed by atoms with Crippen molar-refractivity contribution in [1.82, 2.24) is 15.2 Å². The molecule has 0 fully saturated rings. The maximum atomic E-state index is 13.4. The van der Waals surface area contributed by atoms with E-state index in [0.717, 1.165) is 27.0 Å². The van der Waals surface area contributed by atoms with E-state index >= 15 is 0 Å². The summed E-state index contributed by atoms with van der Waals surface area (Å²) >= 11 is 3.45. The molecule has 3 N–H and O–H groups in total. The highest BCUT2D eigenvalue weighted by molar-refractivity contribution is 9.10. The van der Waals surface area contributed by atoms with Crippen LogP contribution in [0, 0.1) is 19.7 Å². The summed E-state index contributed by atoms with van der Waals surface area (Å²) in [5.41, 5.74) is 6.73. The van der Waals surface area contributed by atoms with Crippen molar-refractivity contribution in [3.05, 3.63) is 51.0 Å². The number of hydrogen-bond acceptors (Lipinski definition) is 3. The van der Waals surface area contributed by atoms with Crippen LogP contribution in [0.25, 0.3) is 0 Å². The van der Waals surface area contributed by atoms with Crippen LogP contribution < -0.4 is 11.3 Å². The van der Waals surface area contributed by atoms with Crippen LogP contribution in [0.4, 0.5) is 4.39 Å². The van der Waals surface area contributed by atoms with Crippen LogP contribution in [0.15, 0.2) is 22.7 Å². The molecule has 0 radical (unpaired) electrons. The number of benzene rings is 1. The molecule has 1 heterocycles. The Balaban J connectivity index is 2.36. The van der Waals surface area contributed by atoms with Crippen molar-refractivity contribution in [3.8, 4) is 0 Å². The van der Waals surface area contributed by atoms with Gasteiger partial charge in [0.15, 0.2) is 0 Å². The summed E-state index contributed by atoms with van der Waals surface area (Å²) in [5.74, 6) is 5.44. The van der Waals surface area contributed by atoms with E-state index in [9.17, 15) is 4.39 Å². The quantitative estimate of drug-likeness (QED) is 0.664. The Labute approximate surface area is 126 Å². The van der Waals surface area contributed by atoms with Crippen molar-refractivity contribution < 1.29 is 4.39 Å². The third-order valence-corrected chi connectivity index (χ3v) is 4.32. The molecule has 1 atom stereocenters. The van der Waals surface area contributed by atoms with Crippen LogP contribution in [0.3, 0.4) is 0 Å². The molecule has 1 aromatic carbocycles. The number of aromatic nitrogens is 2. The van der Waals surface area contributed by atoms with Crippen LogP contribution in [0.1, 0.15) is 28.6 Å². The Morgan fingerprint density at radius 1 is 1.45 bits per heavy atom. The average Bonchev–Trinajstić information content (AvgIpc) is 2.65. The number of aryl methyl sites for hydroxylation is 2. The first-order chi connectivity index (χ1) is 9.43. The van der Waals surface area contributed by atoms with E-state index in [1.807, 2.05) is 25.6 Å². The minimum atomic E-state index is -0.251. The largest absolute Gasteiger partial charge is 0.272 e. The van der Waals surface area contributed by atoms with E-state index in [-0.39, 0.29) is 11.9 Å². The molecule has 6 heteroatoms. The molecule has 108 valence electrons. The van der Waals surface area contributed by atoms with E-state index in [1.54, 1.807) is 6.07 Å². The van der Waals surface area contributed by atoms with Gasteiger partial charge in [0.1, 0.15) is 5.82 Å². The second-order valence-corrected chi connectivity index (χ2v) is 5.72. The van der Waals surface area contributed by atoms with Gasteiger partial charge in [-0.3, -0.25) is 16.0 Å². The van der Waals surface area contributed by atoms with Gasteiger partial charge in [-0.1, -0.05) is 15.9 Å². The van der Waals surface area contributed by atoms with Crippen molar-refractivity contribution in [2.75, 3.05) is 0 Å². The summed E-state index contributed by atoms with van der Waals surface area (Å²) in [6.45, 7) is 3.95. The van der Waals surface area contributed by atoms with E-state index < -0.39 is 0 Å². The van der Waals surface area contributed by atoms with Crippen LogP contribution in [0.2, 0.25) is 0 Å². The monoisotopic (exact) mass is 340 g/mol. The fourth-order valence-electron chi connectivity index (χ4n) is 2.46. The Hall–Kier alpha value is -1.24. The number of nitrogens with two attached hydrogens (primary N) is 1. The predicted molar refractivity (Wildman–Crippen MR) is 80.6 cm³/mol. The first kappa shape index (κ1) is 15.2. The van der Waals surface area contributed by atoms with Gasteiger partial charge in [0.25, 0.3) is 0 Å². The average molecular weight is 341 g/mol. The fourth-order valence-corrected chi connectivity index (χ4v) is 2.87. The molecular formula is C14H18BrFN4. The van der Waals surface area contributed by atoms with Crippen LogP contribution in [-0.2, 0) is 13.5 Å². The highest BCUT2D eigenvalue weighted by atomic mass is 79.9. The normalized spacial score (nSPS) is 12.7. The molecule has 4 nitrogen and oxygen atoms in total. The molecule has 0 aliphatic rings. The second kappa shape index (κ2) is 6.03. The zero-order chi connectivity index (χ0) is 14.9. The van der Waals surface area contributed by atoms with Gasteiger partial charge in [-0.25, -0.2) is 4.39 Å². The predicted octanol–water partition coefficient (Wildman–Crippen LogP) is 2.69. The van der Waals surface area contributed by atoms with Crippen molar-refractivity contribution >= 4 is 15.9 Å². The molecule has 0 amide bonds. The lowest BCUT2D eigenvalue weighted by atomic mass is 9.98. The summed E-state index contributed by atoms with van der Waals surface area (Å²) in [4.78, 5) is 0. The van der Waals surface area contributed by atoms with Gasteiger partial charge in [-0.2, -0.15) is 5.10 Å². The Kier molecular flexibility index (Phi) is 4.57. The summed E-state index contributed by atoms with van der Waals surface area (Å²) in [6, 6.07) is 4.55. The molecule has 20 heavy (non-hydrogen) atoms. The van der Waals surface area contributed by atoms with Gasteiger partial charge in [0.05, 0.1) is 11.7 Å². The molecule has 0 bridgehead atoms. The first-order valence-electron chi connectivity index (χ1n) is 6.34. The maximum absolute atomic E-state index is 13.4. The minimum Gasteiger partial charge on any atom is -0.272 e. The zero-order valence-electron chi connectivity index (χ0n) is 11.7. The van der Waals surface area contributed by atoms with Crippen LogP contribution in [0.5, 0.6) is 0 Å². The van der Waals surface area contributed by atoms with E-state index in [4.69, 9.17) is 5.84 Å². The lowest BCUT2D eigenvalue weighted by Gasteiger charge is -2.18. The molecule has 0 saturated carbocycles. The van der Waals surface area contributed by atoms with Crippen molar-refractivity contribution in [2.24, 2.45) is 12.9 Å². The lowest BCUT2D eigenvalue weighted by molar-refractivity contribution is 0.542. The van der Waals surface area contributed by atoms with Gasteiger partial charge < -0.3 is 0 Å². The standard InChI is InChI=1S/C14H18BrFN4/c1-8-14(9(2)20(3)19-8)13(18-17)7-10-6-11(16)4-5-12(10)15/h4-6,13,18H,7,17H2,1-3H3.